The topological polar surface area (TPSA) is 118 Å². The number of ether oxygens (including phenoxy) is 4. The van der Waals surface area contributed by atoms with Gasteiger partial charge in [-0.15, -0.1) is 0 Å². The minimum atomic E-state index is -0.466. The molecule has 0 N–H and O–H groups in total. The van der Waals surface area contributed by atoms with Gasteiger partial charge in [0.15, 0.2) is 23.0 Å². The summed E-state index contributed by atoms with van der Waals surface area (Å²) >= 11 is 0. The summed E-state index contributed by atoms with van der Waals surface area (Å²) in [4.78, 5) is 56.4. The van der Waals surface area contributed by atoms with E-state index in [0.29, 0.717) is 12.8 Å². The molecule has 0 radical (unpaired) electrons. The average Bonchev–Trinajstić information content (AvgIpc) is 2.89. The van der Waals surface area contributed by atoms with Crippen molar-refractivity contribution in [2.24, 2.45) is 11.8 Å². The Hall–Kier alpha value is -3.84. The van der Waals surface area contributed by atoms with E-state index in [4.69, 9.17) is 18.9 Å². The normalized spacial score (nSPS) is 12.7. The first-order valence-corrected chi connectivity index (χ1v) is 15.2. The summed E-state index contributed by atoms with van der Waals surface area (Å²) in [6.45, 7) is 4.56. The predicted molar refractivity (Wildman–Crippen MR) is 175 cm³/mol. The van der Waals surface area contributed by atoms with Crippen LogP contribution in [-0.4, -0.2) is 126 Å². The van der Waals surface area contributed by atoms with Crippen molar-refractivity contribution >= 4 is 23.9 Å². The van der Waals surface area contributed by atoms with Crippen molar-refractivity contribution in [1.82, 2.24) is 19.6 Å². The first kappa shape index (κ1) is 38.3. The summed E-state index contributed by atoms with van der Waals surface area (Å²) in [5.74, 6) is -0.728. The lowest BCUT2D eigenvalue weighted by Crippen LogP contribution is -2.27. The van der Waals surface area contributed by atoms with Crippen LogP contribution in [0.15, 0.2) is 36.4 Å². The van der Waals surface area contributed by atoms with E-state index in [2.05, 4.69) is 13.8 Å². The van der Waals surface area contributed by atoms with Crippen LogP contribution in [0.5, 0.6) is 23.0 Å². The minimum absolute atomic E-state index is 0.0723. The van der Waals surface area contributed by atoms with Crippen LogP contribution < -0.4 is 18.9 Å². The Morgan fingerprint density at radius 1 is 0.478 bits per heavy atom. The highest BCUT2D eigenvalue weighted by atomic mass is 16.6. The Balaban J connectivity index is 2.24. The van der Waals surface area contributed by atoms with E-state index in [1.807, 2.05) is 12.1 Å². The zero-order valence-electron chi connectivity index (χ0n) is 28.9. The third-order valence-corrected chi connectivity index (χ3v) is 6.78. The minimum Gasteiger partial charge on any atom is -0.422 e. The Kier molecular flexibility index (Phi) is 15.3. The molecule has 0 spiro atoms. The highest BCUT2D eigenvalue weighted by Crippen LogP contribution is 2.33. The van der Waals surface area contributed by atoms with Crippen molar-refractivity contribution in [3.05, 3.63) is 47.5 Å². The summed E-state index contributed by atoms with van der Waals surface area (Å²) in [6.07, 6.45) is 1.33. The van der Waals surface area contributed by atoms with Crippen molar-refractivity contribution < 1.29 is 38.1 Å². The Labute approximate surface area is 273 Å². The lowest BCUT2D eigenvalue weighted by molar-refractivity contribution is -0.137. The average molecular weight is 643 g/mol. The van der Waals surface area contributed by atoms with Crippen molar-refractivity contribution in [1.29, 1.82) is 0 Å². The van der Waals surface area contributed by atoms with Gasteiger partial charge in [-0.1, -0.05) is 26.0 Å². The van der Waals surface area contributed by atoms with E-state index in [-0.39, 0.29) is 61.0 Å². The second-order valence-corrected chi connectivity index (χ2v) is 12.8. The highest BCUT2D eigenvalue weighted by molar-refractivity contribution is 5.79. The van der Waals surface area contributed by atoms with Gasteiger partial charge < -0.3 is 18.9 Å². The van der Waals surface area contributed by atoms with E-state index in [0.717, 1.165) is 11.1 Å². The van der Waals surface area contributed by atoms with Crippen LogP contribution in [0.3, 0.4) is 0 Å². The number of nitrogens with zero attached hydrogens (tertiary/aromatic N) is 4. The van der Waals surface area contributed by atoms with Crippen LogP contribution in [0.4, 0.5) is 0 Å². The Morgan fingerprint density at radius 3 is 1.00 bits per heavy atom. The first-order valence-electron chi connectivity index (χ1n) is 15.2. The molecule has 0 unspecified atom stereocenters. The molecule has 46 heavy (non-hydrogen) atoms. The molecule has 12 nitrogen and oxygen atoms in total. The van der Waals surface area contributed by atoms with E-state index < -0.39 is 23.9 Å². The lowest BCUT2D eigenvalue weighted by Gasteiger charge is -2.22. The molecule has 2 rings (SSSR count). The van der Waals surface area contributed by atoms with Crippen LogP contribution in [0.2, 0.25) is 0 Å². The molecule has 0 saturated heterocycles. The smallest absolute Gasteiger partial charge is 0.325 e. The van der Waals surface area contributed by atoms with Crippen LogP contribution in [0, 0.1) is 11.8 Å². The Morgan fingerprint density at radius 2 is 0.739 bits per heavy atom. The molecule has 0 aliphatic rings. The molecule has 0 aliphatic heterocycles. The summed E-state index contributed by atoms with van der Waals surface area (Å²) in [6, 6.07) is 10.5. The van der Waals surface area contributed by atoms with E-state index >= 15 is 0 Å². The largest absolute Gasteiger partial charge is 0.422 e. The van der Waals surface area contributed by atoms with Crippen molar-refractivity contribution in [3.63, 3.8) is 0 Å². The van der Waals surface area contributed by atoms with Crippen molar-refractivity contribution in [3.8, 4) is 23.0 Å². The maximum Gasteiger partial charge on any atom is 0.325 e. The molecular weight excluding hydrogens is 592 g/mol. The predicted octanol–water partition coefficient (Wildman–Crippen LogP) is 2.61. The molecule has 0 aliphatic carbocycles. The van der Waals surface area contributed by atoms with Crippen molar-refractivity contribution in [2.45, 2.75) is 26.7 Å². The van der Waals surface area contributed by atoms with Gasteiger partial charge in [0.05, 0.1) is 26.2 Å². The molecule has 2 aromatic rings. The van der Waals surface area contributed by atoms with Gasteiger partial charge in [-0.3, -0.25) is 38.8 Å². The molecule has 2 atom stereocenters. The second kappa shape index (κ2) is 18.3. The van der Waals surface area contributed by atoms with Gasteiger partial charge in [0.1, 0.15) is 0 Å². The third-order valence-electron chi connectivity index (χ3n) is 6.78. The number of esters is 4. The fourth-order valence-electron chi connectivity index (χ4n) is 4.49. The van der Waals surface area contributed by atoms with Gasteiger partial charge in [-0.25, -0.2) is 0 Å². The maximum atomic E-state index is 12.5. The van der Waals surface area contributed by atoms with Crippen LogP contribution in [-0.2, 0) is 32.0 Å². The van der Waals surface area contributed by atoms with Gasteiger partial charge in [-0.05, 0) is 116 Å². The van der Waals surface area contributed by atoms with Gasteiger partial charge in [-0.2, -0.15) is 0 Å². The van der Waals surface area contributed by atoms with Crippen LogP contribution >= 0.6 is 0 Å². The molecule has 254 valence electrons. The second-order valence-electron chi connectivity index (χ2n) is 12.8. The zero-order chi connectivity index (χ0) is 34.6. The van der Waals surface area contributed by atoms with Gasteiger partial charge >= 0.3 is 23.9 Å². The molecule has 0 bridgehead atoms. The standard InChI is InChI=1S/C34H50N4O8/c1-23(15-25-11-13-27(43-31(39)19-35(3)4)29(17-25)45-33(41)21-37(7)8)24(2)16-26-12-14-28(44-32(40)20-36(5)6)30(18-26)46-34(42)22-38(9)10/h11-14,17-18,23-24H,15-16,19-22H2,1-10H3/t23-,24+. The summed E-state index contributed by atoms with van der Waals surface area (Å²) in [7, 11) is 14.1. The Bertz CT molecular complexity index is 1240. The number of likely N-dealkylation sites (N-methyl/N-ethyl adjacent to an activating group) is 4. The first-order chi connectivity index (χ1) is 21.5. The number of hydrogen-bond acceptors (Lipinski definition) is 12. The van der Waals surface area contributed by atoms with Gasteiger partial charge in [0, 0.05) is 0 Å². The summed E-state index contributed by atoms with van der Waals surface area (Å²) in [5.41, 5.74) is 1.83. The zero-order valence-corrected chi connectivity index (χ0v) is 28.9. The number of benzene rings is 2. The third kappa shape index (κ3) is 14.1. The van der Waals surface area contributed by atoms with E-state index in [1.54, 1.807) is 100 Å². The molecule has 0 heterocycles. The molecule has 0 amide bonds. The fraction of sp³-hybridized carbons (Fsp3) is 0.529. The number of rotatable bonds is 17. The molecule has 12 heteroatoms. The number of hydrogen-bond donors (Lipinski definition) is 0. The number of carbonyl (C=O) groups is 4. The number of carbonyl (C=O) groups excluding carboxylic acids is 4. The monoisotopic (exact) mass is 642 g/mol. The molecule has 0 saturated carbocycles. The molecule has 2 aromatic carbocycles. The highest BCUT2D eigenvalue weighted by Gasteiger charge is 2.21. The van der Waals surface area contributed by atoms with E-state index in [1.165, 1.54) is 0 Å². The fourth-order valence-corrected chi connectivity index (χ4v) is 4.49. The van der Waals surface area contributed by atoms with Crippen LogP contribution in [0.1, 0.15) is 25.0 Å². The lowest BCUT2D eigenvalue weighted by atomic mass is 9.85. The molecule has 0 aromatic heterocycles. The van der Waals surface area contributed by atoms with Crippen LogP contribution in [0.25, 0.3) is 0 Å². The summed E-state index contributed by atoms with van der Waals surface area (Å²) in [5, 5.41) is 0. The quantitative estimate of drug-likeness (QED) is 0.187. The SMILES string of the molecule is C[C@H](Cc1ccc(OC(=O)CN(C)C)c(OC(=O)CN(C)C)c1)[C@@H](C)Cc1ccc(OC(=O)CN(C)C)c(OC(=O)CN(C)C)c1. The van der Waals surface area contributed by atoms with Gasteiger partial charge in [0.2, 0.25) is 0 Å². The molecular formula is C34H50N4O8. The van der Waals surface area contributed by atoms with E-state index in [9.17, 15) is 19.2 Å². The summed E-state index contributed by atoms with van der Waals surface area (Å²) < 4.78 is 22.3. The van der Waals surface area contributed by atoms with Gasteiger partial charge in [0.25, 0.3) is 0 Å². The molecule has 0 fully saturated rings. The van der Waals surface area contributed by atoms with Crippen molar-refractivity contribution in [2.75, 3.05) is 82.6 Å². The maximum absolute atomic E-state index is 12.5.